The molecule has 3 atom stereocenters. The summed E-state index contributed by atoms with van der Waals surface area (Å²) in [7, 11) is 0. The fraction of sp³-hybridized carbons (Fsp3) is 0.650. The van der Waals surface area contributed by atoms with E-state index in [0.29, 0.717) is 18.1 Å². The Morgan fingerprint density at radius 3 is 2.65 bits per heavy atom. The first-order valence-corrected chi connectivity index (χ1v) is 9.24. The lowest BCUT2D eigenvalue weighted by Crippen LogP contribution is -2.61. The lowest BCUT2D eigenvalue weighted by Gasteiger charge is -2.54. The van der Waals surface area contributed by atoms with Crippen molar-refractivity contribution in [1.82, 2.24) is 9.80 Å². The Morgan fingerprint density at radius 2 is 1.87 bits per heavy atom. The maximum absolute atomic E-state index is 13.1. The number of hydrogen-bond acceptors (Lipinski definition) is 1. The number of urea groups is 1. The van der Waals surface area contributed by atoms with Gasteiger partial charge in [-0.05, 0) is 62.0 Å². The fourth-order valence-electron chi connectivity index (χ4n) is 5.34. The standard InChI is InChI=1S/C20H28N2O/c1-15-13-20(2)14-17(12-16-8-4-5-9-18(16)20)22(15)19(23)21-10-6-3-7-11-21/h4-5,8-9,15,17H,3,6-7,10-14H2,1-2H3/t15?,17-,20-/m1/s1. The molecule has 2 aliphatic heterocycles. The van der Waals surface area contributed by atoms with Gasteiger partial charge in [-0.1, -0.05) is 31.2 Å². The highest BCUT2D eigenvalue weighted by molar-refractivity contribution is 5.76. The van der Waals surface area contributed by atoms with Crippen molar-refractivity contribution in [2.45, 2.75) is 69.9 Å². The van der Waals surface area contributed by atoms with Crippen LogP contribution < -0.4 is 0 Å². The van der Waals surface area contributed by atoms with Crippen molar-refractivity contribution in [3.8, 4) is 0 Å². The Balaban J connectivity index is 1.63. The number of hydrogen-bond donors (Lipinski definition) is 0. The largest absolute Gasteiger partial charge is 0.325 e. The molecule has 1 aromatic carbocycles. The molecule has 2 amide bonds. The Bertz CT molecular complexity index is 607. The van der Waals surface area contributed by atoms with E-state index in [-0.39, 0.29) is 5.41 Å². The van der Waals surface area contributed by atoms with Crippen LogP contribution >= 0.6 is 0 Å². The summed E-state index contributed by atoms with van der Waals surface area (Å²) in [6.07, 6.45) is 6.83. The van der Waals surface area contributed by atoms with Crippen LogP contribution in [-0.4, -0.2) is 41.0 Å². The van der Waals surface area contributed by atoms with Gasteiger partial charge in [0.15, 0.2) is 0 Å². The molecule has 0 radical (unpaired) electrons. The molecule has 0 spiro atoms. The van der Waals surface area contributed by atoms with Gasteiger partial charge in [0, 0.05) is 25.2 Å². The molecule has 2 fully saturated rings. The highest BCUT2D eigenvalue weighted by Crippen LogP contribution is 2.47. The van der Waals surface area contributed by atoms with Crippen LogP contribution in [0, 0.1) is 0 Å². The first-order valence-electron chi connectivity index (χ1n) is 9.24. The second-order valence-corrected chi connectivity index (χ2v) is 8.07. The second-order valence-electron chi connectivity index (χ2n) is 8.07. The third-order valence-electron chi connectivity index (χ3n) is 6.27. The van der Waals surface area contributed by atoms with E-state index in [2.05, 4.69) is 47.9 Å². The van der Waals surface area contributed by atoms with Crippen molar-refractivity contribution in [1.29, 1.82) is 0 Å². The van der Waals surface area contributed by atoms with Crippen molar-refractivity contribution in [2.24, 2.45) is 0 Å². The number of rotatable bonds is 0. The fourth-order valence-corrected chi connectivity index (χ4v) is 5.34. The lowest BCUT2D eigenvalue weighted by atomic mass is 9.63. The molecule has 1 aliphatic carbocycles. The van der Waals surface area contributed by atoms with Crippen molar-refractivity contribution in [2.75, 3.05) is 13.1 Å². The minimum absolute atomic E-state index is 0.234. The summed E-state index contributed by atoms with van der Waals surface area (Å²) in [6, 6.07) is 9.88. The molecule has 4 rings (SSSR count). The zero-order valence-corrected chi connectivity index (χ0v) is 14.4. The molecule has 3 nitrogen and oxygen atoms in total. The van der Waals surface area contributed by atoms with Crippen LogP contribution in [0.3, 0.4) is 0 Å². The Kier molecular flexibility index (Phi) is 3.62. The summed E-state index contributed by atoms with van der Waals surface area (Å²) in [5.74, 6) is 0. The van der Waals surface area contributed by atoms with E-state index in [1.807, 2.05) is 0 Å². The van der Waals surface area contributed by atoms with Gasteiger partial charge in [0.2, 0.25) is 0 Å². The van der Waals surface area contributed by atoms with Crippen LogP contribution in [0.2, 0.25) is 0 Å². The van der Waals surface area contributed by atoms with Gasteiger partial charge in [0.1, 0.15) is 0 Å². The summed E-state index contributed by atoms with van der Waals surface area (Å²) in [5.41, 5.74) is 3.21. The van der Waals surface area contributed by atoms with Crippen molar-refractivity contribution < 1.29 is 4.79 Å². The number of likely N-dealkylation sites (tertiary alicyclic amines) is 2. The molecule has 2 heterocycles. The maximum Gasteiger partial charge on any atom is 0.320 e. The molecular weight excluding hydrogens is 284 g/mol. The summed E-state index contributed by atoms with van der Waals surface area (Å²) in [4.78, 5) is 17.5. The van der Waals surface area contributed by atoms with Crippen LogP contribution in [0.25, 0.3) is 0 Å². The number of nitrogens with zero attached hydrogens (tertiary/aromatic N) is 2. The molecule has 1 aromatic rings. The average Bonchev–Trinajstić information content (AvgIpc) is 2.55. The van der Waals surface area contributed by atoms with E-state index in [1.165, 1.54) is 30.4 Å². The molecule has 3 aliphatic rings. The molecule has 23 heavy (non-hydrogen) atoms. The molecule has 0 saturated carbocycles. The molecule has 2 saturated heterocycles. The zero-order valence-electron chi connectivity index (χ0n) is 14.4. The Labute approximate surface area is 139 Å². The summed E-state index contributed by atoms with van der Waals surface area (Å²) >= 11 is 0. The summed E-state index contributed by atoms with van der Waals surface area (Å²) < 4.78 is 0. The number of carbonyl (C=O) groups is 1. The molecule has 124 valence electrons. The van der Waals surface area contributed by atoms with E-state index in [0.717, 1.165) is 32.4 Å². The van der Waals surface area contributed by atoms with E-state index in [9.17, 15) is 4.79 Å². The molecule has 1 unspecified atom stereocenters. The Morgan fingerprint density at radius 1 is 1.13 bits per heavy atom. The van der Waals surface area contributed by atoms with Gasteiger partial charge < -0.3 is 9.80 Å². The van der Waals surface area contributed by atoms with E-state index < -0.39 is 0 Å². The molecule has 3 heteroatoms. The number of piperidine rings is 2. The first kappa shape index (κ1) is 15.0. The molecule has 0 N–H and O–H groups in total. The Hall–Kier alpha value is -1.51. The van der Waals surface area contributed by atoms with Crippen LogP contribution in [0.5, 0.6) is 0 Å². The van der Waals surface area contributed by atoms with E-state index >= 15 is 0 Å². The normalized spacial score (nSPS) is 33.3. The SMILES string of the molecule is CC1C[C@]2(C)C[C@@H](Cc3ccccc32)N1C(=O)N1CCCCC1. The van der Waals surface area contributed by atoms with Crippen LogP contribution in [0.1, 0.15) is 57.1 Å². The number of carbonyl (C=O) groups excluding carboxylic acids is 1. The van der Waals surface area contributed by atoms with Crippen LogP contribution in [-0.2, 0) is 11.8 Å². The topological polar surface area (TPSA) is 23.6 Å². The predicted molar refractivity (Wildman–Crippen MR) is 92.6 cm³/mol. The van der Waals surface area contributed by atoms with Crippen molar-refractivity contribution in [3.63, 3.8) is 0 Å². The average molecular weight is 312 g/mol. The van der Waals surface area contributed by atoms with Gasteiger partial charge >= 0.3 is 6.03 Å². The van der Waals surface area contributed by atoms with E-state index in [4.69, 9.17) is 0 Å². The smallest absolute Gasteiger partial charge is 0.320 e. The third kappa shape index (κ3) is 2.45. The van der Waals surface area contributed by atoms with Gasteiger partial charge in [-0.3, -0.25) is 0 Å². The minimum atomic E-state index is 0.234. The highest BCUT2D eigenvalue weighted by Gasteiger charge is 2.47. The van der Waals surface area contributed by atoms with Gasteiger partial charge in [-0.2, -0.15) is 0 Å². The van der Waals surface area contributed by atoms with Gasteiger partial charge in [-0.15, -0.1) is 0 Å². The monoisotopic (exact) mass is 312 g/mol. The second kappa shape index (κ2) is 5.54. The molecule has 2 bridgehead atoms. The van der Waals surface area contributed by atoms with Gasteiger partial charge in [0.05, 0.1) is 0 Å². The maximum atomic E-state index is 13.1. The van der Waals surface area contributed by atoms with Crippen molar-refractivity contribution >= 4 is 6.03 Å². The summed E-state index contributed by atoms with van der Waals surface area (Å²) in [6.45, 7) is 6.54. The molecular formula is C20H28N2O. The lowest BCUT2D eigenvalue weighted by molar-refractivity contribution is 0.0465. The number of fused-ring (bicyclic) bond motifs is 4. The van der Waals surface area contributed by atoms with Crippen LogP contribution in [0.15, 0.2) is 24.3 Å². The van der Waals surface area contributed by atoms with Gasteiger partial charge in [-0.25, -0.2) is 4.79 Å². The summed E-state index contributed by atoms with van der Waals surface area (Å²) in [5, 5.41) is 0. The minimum Gasteiger partial charge on any atom is -0.325 e. The van der Waals surface area contributed by atoms with E-state index in [1.54, 1.807) is 0 Å². The van der Waals surface area contributed by atoms with Crippen LogP contribution in [0.4, 0.5) is 4.79 Å². The highest BCUT2D eigenvalue weighted by atomic mass is 16.2. The van der Waals surface area contributed by atoms with Crippen molar-refractivity contribution in [3.05, 3.63) is 35.4 Å². The number of amides is 2. The quantitative estimate of drug-likeness (QED) is 0.711. The first-order chi connectivity index (χ1) is 11.1. The zero-order chi connectivity index (χ0) is 16.0. The van der Waals surface area contributed by atoms with Gasteiger partial charge in [0.25, 0.3) is 0 Å². The number of benzene rings is 1. The molecule has 0 aromatic heterocycles. The predicted octanol–water partition coefficient (Wildman–Crippen LogP) is 3.96. The third-order valence-corrected chi connectivity index (χ3v) is 6.27.